The van der Waals surface area contributed by atoms with Gasteiger partial charge < -0.3 is 20.4 Å². The highest BCUT2D eigenvalue weighted by Gasteiger charge is 2.15. The van der Waals surface area contributed by atoms with Gasteiger partial charge in [0.15, 0.2) is 11.2 Å². The molecular formula is C13H22N6O3. The van der Waals surface area contributed by atoms with E-state index in [0.717, 1.165) is 6.42 Å². The summed E-state index contributed by atoms with van der Waals surface area (Å²) in [5, 5.41) is 3.12. The van der Waals surface area contributed by atoms with E-state index in [-0.39, 0.29) is 0 Å². The van der Waals surface area contributed by atoms with E-state index in [4.69, 9.17) is 10.5 Å². The summed E-state index contributed by atoms with van der Waals surface area (Å²) in [6, 6.07) is 0. The number of ether oxygens (including phenoxy) is 1. The van der Waals surface area contributed by atoms with E-state index in [2.05, 4.69) is 15.3 Å². The zero-order valence-corrected chi connectivity index (χ0v) is 12.9. The Morgan fingerprint density at radius 1 is 1.36 bits per heavy atom. The van der Waals surface area contributed by atoms with Crippen molar-refractivity contribution in [3.05, 3.63) is 20.8 Å². The molecule has 2 heterocycles. The van der Waals surface area contributed by atoms with Gasteiger partial charge in [0.25, 0.3) is 5.56 Å². The number of hydrogen-bond donors (Lipinski definition) is 3. The average molecular weight is 310 g/mol. The van der Waals surface area contributed by atoms with Crippen LogP contribution in [0.3, 0.4) is 0 Å². The molecule has 2 aromatic rings. The monoisotopic (exact) mass is 310 g/mol. The average Bonchev–Trinajstić information content (AvgIpc) is 2.80. The van der Waals surface area contributed by atoms with Crippen LogP contribution in [0, 0.1) is 0 Å². The fraction of sp³-hybridized carbons (Fsp3) is 0.615. The zero-order chi connectivity index (χ0) is 16.1. The second-order valence-corrected chi connectivity index (χ2v) is 4.99. The van der Waals surface area contributed by atoms with Crippen molar-refractivity contribution in [3.8, 4) is 0 Å². The number of nitrogens with zero attached hydrogens (tertiary/aromatic N) is 3. The maximum atomic E-state index is 12.0. The van der Waals surface area contributed by atoms with E-state index in [9.17, 15) is 9.59 Å². The van der Waals surface area contributed by atoms with Crippen LogP contribution in [0.15, 0.2) is 9.59 Å². The molecule has 0 fully saturated rings. The standard InChI is InChI=1S/C13H22N6O3/c1-18-9-10(16-12(18)15-6-3-5-14)19(7-4-8-22-2)13(21)17-11(9)20/h3-8,14H2,1-2H3,(H,15,16)(H,17,20,21). The first-order chi connectivity index (χ1) is 10.6. The number of H-pyrrole nitrogens is 1. The van der Waals surface area contributed by atoms with Crippen molar-refractivity contribution in [2.75, 3.05) is 32.1 Å². The van der Waals surface area contributed by atoms with Gasteiger partial charge in [-0.3, -0.25) is 14.3 Å². The Labute approximate surface area is 127 Å². The molecule has 0 amide bonds. The first kappa shape index (κ1) is 16.2. The SMILES string of the molecule is COCCCn1c(=O)[nH]c(=O)c2c1nc(NCCCN)n2C. The number of imidazole rings is 1. The minimum atomic E-state index is -0.458. The quantitative estimate of drug-likeness (QED) is 0.550. The molecule has 122 valence electrons. The van der Waals surface area contributed by atoms with Gasteiger partial charge in [-0.2, -0.15) is 4.98 Å². The van der Waals surface area contributed by atoms with Gasteiger partial charge in [0.2, 0.25) is 5.95 Å². The lowest BCUT2D eigenvalue weighted by Crippen LogP contribution is -2.31. The van der Waals surface area contributed by atoms with Crippen LogP contribution in [0.1, 0.15) is 12.8 Å². The Kier molecular flexibility index (Phi) is 5.34. The van der Waals surface area contributed by atoms with Crippen LogP contribution in [0.5, 0.6) is 0 Å². The minimum Gasteiger partial charge on any atom is -0.385 e. The van der Waals surface area contributed by atoms with Crippen molar-refractivity contribution in [2.24, 2.45) is 12.8 Å². The fourth-order valence-corrected chi connectivity index (χ4v) is 2.28. The molecule has 0 spiro atoms. The van der Waals surface area contributed by atoms with E-state index in [0.29, 0.717) is 49.8 Å². The first-order valence-electron chi connectivity index (χ1n) is 7.22. The minimum absolute atomic E-state index is 0.368. The largest absolute Gasteiger partial charge is 0.385 e. The predicted octanol–water partition coefficient (Wildman–Crippen LogP) is -0.779. The Bertz CT molecular complexity index is 745. The van der Waals surface area contributed by atoms with E-state index in [1.165, 1.54) is 4.57 Å². The number of methoxy groups -OCH3 is 1. The molecule has 2 aromatic heterocycles. The third-order valence-corrected chi connectivity index (χ3v) is 3.41. The third kappa shape index (κ3) is 3.20. The van der Waals surface area contributed by atoms with Gasteiger partial charge >= 0.3 is 5.69 Å². The maximum Gasteiger partial charge on any atom is 0.330 e. The lowest BCUT2D eigenvalue weighted by atomic mass is 10.4. The topological polar surface area (TPSA) is 120 Å². The molecular weight excluding hydrogens is 288 g/mol. The number of anilines is 1. The summed E-state index contributed by atoms with van der Waals surface area (Å²) < 4.78 is 8.11. The van der Waals surface area contributed by atoms with Crippen molar-refractivity contribution in [1.82, 2.24) is 19.1 Å². The molecule has 0 aromatic carbocycles. The van der Waals surface area contributed by atoms with Gasteiger partial charge in [0, 0.05) is 33.9 Å². The van der Waals surface area contributed by atoms with Crippen molar-refractivity contribution in [3.63, 3.8) is 0 Å². The van der Waals surface area contributed by atoms with Crippen LogP contribution in [0.2, 0.25) is 0 Å². The predicted molar refractivity (Wildman–Crippen MR) is 84.2 cm³/mol. The summed E-state index contributed by atoms with van der Waals surface area (Å²) in [5.74, 6) is 0.542. The number of hydrogen-bond acceptors (Lipinski definition) is 6. The Balaban J connectivity index is 2.44. The highest BCUT2D eigenvalue weighted by molar-refractivity contribution is 5.73. The molecule has 0 bridgehead atoms. The molecule has 0 radical (unpaired) electrons. The molecule has 22 heavy (non-hydrogen) atoms. The number of aromatic nitrogens is 4. The number of aromatic amines is 1. The molecule has 4 N–H and O–H groups in total. The van der Waals surface area contributed by atoms with E-state index in [1.807, 2.05) is 0 Å². The number of nitrogens with two attached hydrogens (primary N) is 1. The number of fused-ring (bicyclic) bond motifs is 1. The summed E-state index contributed by atoms with van der Waals surface area (Å²) in [6.07, 6.45) is 1.45. The molecule has 0 aliphatic heterocycles. The van der Waals surface area contributed by atoms with E-state index in [1.54, 1.807) is 18.7 Å². The third-order valence-electron chi connectivity index (χ3n) is 3.41. The van der Waals surface area contributed by atoms with Crippen LogP contribution in [0.4, 0.5) is 5.95 Å². The maximum absolute atomic E-state index is 12.0. The summed E-state index contributed by atoms with van der Waals surface area (Å²) in [5.41, 5.74) is 5.31. The summed E-state index contributed by atoms with van der Waals surface area (Å²) in [4.78, 5) is 30.8. The summed E-state index contributed by atoms with van der Waals surface area (Å²) in [7, 11) is 3.34. The van der Waals surface area contributed by atoms with Gasteiger partial charge in [0.1, 0.15) is 0 Å². The molecule has 0 unspecified atom stereocenters. The number of rotatable bonds is 8. The normalized spacial score (nSPS) is 11.2. The van der Waals surface area contributed by atoms with Gasteiger partial charge in [-0.1, -0.05) is 0 Å². The smallest absolute Gasteiger partial charge is 0.330 e. The summed E-state index contributed by atoms with van der Waals surface area (Å²) >= 11 is 0. The molecule has 9 nitrogen and oxygen atoms in total. The lowest BCUT2D eigenvalue weighted by molar-refractivity contribution is 0.190. The lowest BCUT2D eigenvalue weighted by Gasteiger charge is -2.05. The van der Waals surface area contributed by atoms with Gasteiger partial charge in [-0.25, -0.2) is 4.79 Å². The van der Waals surface area contributed by atoms with Gasteiger partial charge in [-0.05, 0) is 19.4 Å². The molecule has 0 saturated heterocycles. The van der Waals surface area contributed by atoms with Crippen molar-refractivity contribution in [1.29, 1.82) is 0 Å². The van der Waals surface area contributed by atoms with Crippen LogP contribution >= 0.6 is 0 Å². The fourth-order valence-electron chi connectivity index (χ4n) is 2.28. The van der Waals surface area contributed by atoms with Crippen LogP contribution < -0.4 is 22.3 Å². The molecule has 0 aliphatic carbocycles. The number of nitrogens with one attached hydrogen (secondary N) is 2. The molecule has 2 rings (SSSR count). The second kappa shape index (κ2) is 7.23. The Hall–Kier alpha value is -2.13. The Morgan fingerprint density at radius 3 is 2.82 bits per heavy atom. The Morgan fingerprint density at radius 2 is 2.14 bits per heavy atom. The zero-order valence-electron chi connectivity index (χ0n) is 12.9. The summed E-state index contributed by atoms with van der Waals surface area (Å²) in [6.45, 7) is 2.18. The molecule has 0 saturated carbocycles. The first-order valence-corrected chi connectivity index (χ1v) is 7.22. The second-order valence-electron chi connectivity index (χ2n) is 4.99. The molecule has 0 aliphatic rings. The van der Waals surface area contributed by atoms with Crippen molar-refractivity contribution < 1.29 is 4.74 Å². The van der Waals surface area contributed by atoms with Crippen LogP contribution in [-0.4, -0.2) is 45.9 Å². The van der Waals surface area contributed by atoms with E-state index >= 15 is 0 Å². The van der Waals surface area contributed by atoms with E-state index < -0.39 is 11.2 Å². The van der Waals surface area contributed by atoms with Crippen LogP contribution in [-0.2, 0) is 18.3 Å². The highest BCUT2D eigenvalue weighted by Crippen LogP contribution is 2.13. The number of aryl methyl sites for hydroxylation is 2. The van der Waals surface area contributed by atoms with Gasteiger partial charge in [-0.15, -0.1) is 0 Å². The highest BCUT2D eigenvalue weighted by atomic mass is 16.5. The molecule has 0 atom stereocenters. The molecule has 9 heteroatoms. The van der Waals surface area contributed by atoms with Crippen molar-refractivity contribution in [2.45, 2.75) is 19.4 Å². The van der Waals surface area contributed by atoms with Crippen LogP contribution in [0.25, 0.3) is 11.2 Å². The van der Waals surface area contributed by atoms with Crippen molar-refractivity contribution >= 4 is 17.1 Å². The van der Waals surface area contributed by atoms with Gasteiger partial charge in [0.05, 0.1) is 0 Å².